The van der Waals surface area contributed by atoms with Crippen LogP contribution in [0.15, 0.2) is 54.6 Å². The van der Waals surface area contributed by atoms with Crippen LogP contribution in [0.25, 0.3) is 0 Å². The van der Waals surface area contributed by atoms with Crippen LogP contribution in [0, 0.1) is 5.92 Å². The van der Waals surface area contributed by atoms with Crippen LogP contribution in [0.3, 0.4) is 0 Å². The van der Waals surface area contributed by atoms with Gasteiger partial charge in [0, 0.05) is 13.1 Å². The zero-order chi connectivity index (χ0) is 15.2. The molecule has 2 N–H and O–H groups in total. The molecular weight excluding hydrogens is 308 g/mol. The fourth-order valence-corrected chi connectivity index (χ4v) is 2.98. The molecule has 1 saturated heterocycles. The zero-order valence-corrected chi connectivity index (χ0v) is 14.2. The van der Waals surface area contributed by atoms with Gasteiger partial charge in [0.05, 0.1) is 0 Å². The van der Waals surface area contributed by atoms with Gasteiger partial charge in [0.25, 0.3) is 0 Å². The van der Waals surface area contributed by atoms with Crippen molar-refractivity contribution < 1.29 is 4.74 Å². The highest BCUT2D eigenvalue weighted by atomic mass is 35.5. The van der Waals surface area contributed by atoms with E-state index in [1.807, 2.05) is 24.3 Å². The van der Waals surface area contributed by atoms with Gasteiger partial charge in [-0.1, -0.05) is 42.5 Å². The van der Waals surface area contributed by atoms with E-state index in [-0.39, 0.29) is 12.4 Å². The minimum Gasteiger partial charge on any atom is -0.489 e. The van der Waals surface area contributed by atoms with Crippen LogP contribution in [0.5, 0.6) is 5.75 Å². The second-order valence-corrected chi connectivity index (χ2v) is 6.05. The molecule has 1 aliphatic rings. The lowest BCUT2D eigenvalue weighted by molar-refractivity contribution is 0.301. The van der Waals surface area contributed by atoms with Gasteiger partial charge in [-0.3, -0.25) is 4.90 Å². The zero-order valence-electron chi connectivity index (χ0n) is 13.4. The Kier molecular flexibility index (Phi) is 6.90. The number of likely N-dealkylation sites (tertiary alicyclic amines) is 1. The highest BCUT2D eigenvalue weighted by molar-refractivity contribution is 5.85. The predicted molar refractivity (Wildman–Crippen MR) is 96.9 cm³/mol. The lowest BCUT2D eigenvalue weighted by atomic mass is 10.1. The minimum atomic E-state index is 0. The molecule has 3 rings (SSSR count). The third kappa shape index (κ3) is 5.24. The summed E-state index contributed by atoms with van der Waals surface area (Å²) in [5, 5.41) is 0. The highest BCUT2D eigenvalue weighted by Crippen LogP contribution is 2.20. The van der Waals surface area contributed by atoms with Gasteiger partial charge in [-0.15, -0.1) is 12.4 Å². The van der Waals surface area contributed by atoms with E-state index in [9.17, 15) is 0 Å². The van der Waals surface area contributed by atoms with Crippen molar-refractivity contribution >= 4 is 12.4 Å². The molecule has 0 spiro atoms. The molecule has 0 bridgehead atoms. The monoisotopic (exact) mass is 332 g/mol. The van der Waals surface area contributed by atoms with E-state index >= 15 is 0 Å². The molecule has 0 radical (unpaired) electrons. The number of hydrogen-bond donors (Lipinski definition) is 1. The third-order valence-corrected chi connectivity index (χ3v) is 4.26. The van der Waals surface area contributed by atoms with Crippen molar-refractivity contribution in [1.29, 1.82) is 0 Å². The fourth-order valence-electron chi connectivity index (χ4n) is 2.98. The van der Waals surface area contributed by atoms with Crippen molar-refractivity contribution in [1.82, 2.24) is 4.90 Å². The number of ether oxygens (including phenoxy) is 1. The topological polar surface area (TPSA) is 38.5 Å². The first-order valence-corrected chi connectivity index (χ1v) is 8.01. The summed E-state index contributed by atoms with van der Waals surface area (Å²) < 4.78 is 5.90. The molecule has 0 saturated carbocycles. The van der Waals surface area contributed by atoms with Crippen molar-refractivity contribution in [2.24, 2.45) is 11.7 Å². The van der Waals surface area contributed by atoms with Gasteiger partial charge in [-0.25, -0.2) is 0 Å². The maximum Gasteiger partial charge on any atom is 0.120 e. The van der Waals surface area contributed by atoms with Crippen LogP contribution >= 0.6 is 12.4 Å². The Hall–Kier alpha value is -1.55. The van der Waals surface area contributed by atoms with Crippen molar-refractivity contribution in [3.63, 3.8) is 0 Å². The van der Waals surface area contributed by atoms with Gasteiger partial charge in [0.1, 0.15) is 12.4 Å². The largest absolute Gasteiger partial charge is 0.489 e. The highest BCUT2D eigenvalue weighted by Gasteiger charge is 2.20. The molecule has 124 valence electrons. The van der Waals surface area contributed by atoms with Crippen LogP contribution in [-0.2, 0) is 13.2 Å². The average molecular weight is 333 g/mol. The van der Waals surface area contributed by atoms with Crippen molar-refractivity contribution in [3.05, 3.63) is 65.7 Å². The Bertz CT molecular complexity index is 591. The Morgan fingerprint density at radius 2 is 1.83 bits per heavy atom. The molecule has 4 heteroatoms. The maximum atomic E-state index is 5.90. The predicted octanol–water partition coefficient (Wildman–Crippen LogP) is 3.47. The molecule has 1 atom stereocenters. The lowest BCUT2D eigenvalue weighted by Crippen LogP contribution is -2.22. The average Bonchev–Trinajstić information content (AvgIpc) is 3.02. The smallest absolute Gasteiger partial charge is 0.120 e. The summed E-state index contributed by atoms with van der Waals surface area (Å²) in [5.74, 6) is 1.61. The number of nitrogens with two attached hydrogens (primary N) is 1. The van der Waals surface area contributed by atoms with Crippen molar-refractivity contribution in [2.45, 2.75) is 19.6 Å². The second-order valence-electron chi connectivity index (χ2n) is 6.05. The first-order valence-electron chi connectivity index (χ1n) is 8.01. The van der Waals surface area contributed by atoms with E-state index in [0.29, 0.717) is 12.5 Å². The number of hydrogen-bond acceptors (Lipinski definition) is 3. The Labute approximate surface area is 144 Å². The van der Waals surface area contributed by atoms with Gasteiger partial charge in [0.2, 0.25) is 0 Å². The normalized spacial score (nSPS) is 17.7. The summed E-state index contributed by atoms with van der Waals surface area (Å²) in [7, 11) is 0. The summed E-state index contributed by atoms with van der Waals surface area (Å²) in [6.07, 6.45) is 1.22. The van der Waals surface area contributed by atoms with E-state index in [4.69, 9.17) is 10.5 Å². The number of rotatable bonds is 6. The van der Waals surface area contributed by atoms with Gasteiger partial charge >= 0.3 is 0 Å². The second kappa shape index (κ2) is 8.92. The number of halogens is 1. The molecule has 1 unspecified atom stereocenters. The molecule has 1 aliphatic heterocycles. The Balaban J connectivity index is 0.00000192. The number of nitrogens with zero attached hydrogens (tertiary/aromatic N) is 1. The summed E-state index contributed by atoms with van der Waals surface area (Å²) in [5.41, 5.74) is 8.26. The quantitative estimate of drug-likeness (QED) is 0.880. The molecule has 2 aromatic carbocycles. The maximum absolute atomic E-state index is 5.90. The van der Waals surface area contributed by atoms with Crippen LogP contribution in [-0.4, -0.2) is 24.5 Å². The Morgan fingerprint density at radius 1 is 1.04 bits per heavy atom. The fraction of sp³-hybridized carbons (Fsp3) is 0.368. The lowest BCUT2D eigenvalue weighted by Gasteiger charge is -2.16. The number of benzene rings is 2. The van der Waals surface area contributed by atoms with Gasteiger partial charge in [0.15, 0.2) is 0 Å². The standard InChI is InChI=1S/C19H24N2O.ClH/c20-12-18-9-10-21(14-18)13-17-7-4-8-19(11-17)22-15-16-5-2-1-3-6-16;/h1-8,11,18H,9-10,12-15,20H2;1H. The van der Waals surface area contributed by atoms with Gasteiger partial charge in [-0.2, -0.15) is 0 Å². The summed E-state index contributed by atoms with van der Waals surface area (Å²) in [6.45, 7) is 4.67. The summed E-state index contributed by atoms with van der Waals surface area (Å²) in [4.78, 5) is 2.48. The SMILES string of the molecule is Cl.NCC1CCN(Cc2cccc(OCc3ccccc3)c2)C1. The third-order valence-electron chi connectivity index (χ3n) is 4.26. The summed E-state index contributed by atoms with van der Waals surface area (Å²) in [6, 6.07) is 18.7. The van der Waals surface area contributed by atoms with Gasteiger partial charge < -0.3 is 10.5 Å². The van der Waals surface area contributed by atoms with E-state index < -0.39 is 0 Å². The molecule has 23 heavy (non-hydrogen) atoms. The Morgan fingerprint density at radius 3 is 2.57 bits per heavy atom. The van der Waals surface area contributed by atoms with Crippen LogP contribution in [0.4, 0.5) is 0 Å². The van der Waals surface area contributed by atoms with Crippen LogP contribution in [0.1, 0.15) is 17.5 Å². The van der Waals surface area contributed by atoms with Crippen LogP contribution < -0.4 is 10.5 Å². The van der Waals surface area contributed by atoms with E-state index in [2.05, 4.69) is 35.2 Å². The molecule has 1 heterocycles. The first-order chi connectivity index (χ1) is 10.8. The van der Waals surface area contributed by atoms with E-state index in [1.165, 1.54) is 17.5 Å². The van der Waals surface area contributed by atoms with E-state index in [1.54, 1.807) is 0 Å². The molecule has 1 fully saturated rings. The van der Waals surface area contributed by atoms with Crippen molar-refractivity contribution in [2.75, 3.05) is 19.6 Å². The van der Waals surface area contributed by atoms with E-state index in [0.717, 1.165) is 31.9 Å². The van der Waals surface area contributed by atoms with Gasteiger partial charge in [-0.05, 0) is 48.7 Å². The molecule has 0 amide bonds. The van der Waals surface area contributed by atoms with Crippen LogP contribution in [0.2, 0.25) is 0 Å². The minimum absolute atomic E-state index is 0. The molecule has 0 aliphatic carbocycles. The molecule has 2 aromatic rings. The first kappa shape index (κ1) is 17.8. The van der Waals surface area contributed by atoms with Crippen molar-refractivity contribution in [3.8, 4) is 5.75 Å². The molecule has 0 aromatic heterocycles. The molecule has 3 nitrogen and oxygen atoms in total. The summed E-state index contributed by atoms with van der Waals surface area (Å²) >= 11 is 0. The molecular formula is C19H25ClN2O.